The lowest BCUT2D eigenvalue weighted by Gasteiger charge is -2.15. The Balaban J connectivity index is 1.34. The predicted octanol–water partition coefficient (Wildman–Crippen LogP) is 4.22. The minimum Gasteiger partial charge on any atom is -0.493 e. The summed E-state index contributed by atoms with van der Waals surface area (Å²) >= 11 is 0. The first kappa shape index (κ1) is 27.7. The number of benzene rings is 1. The third kappa shape index (κ3) is 6.96. The highest BCUT2D eigenvalue weighted by atomic mass is 32.2. The molecule has 1 aliphatic heterocycles. The van der Waals surface area contributed by atoms with Crippen molar-refractivity contribution in [1.29, 1.82) is 0 Å². The van der Waals surface area contributed by atoms with Crippen molar-refractivity contribution in [2.24, 2.45) is 5.92 Å². The number of carbonyl (C=O) groups is 1. The maximum absolute atomic E-state index is 12.7. The Morgan fingerprint density at radius 1 is 1.16 bits per heavy atom. The molecule has 1 aromatic carbocycles. The highest BCUT2D eigenvalue weighted by molar-refractivity contribution is 7.89. The number of amides is 2. The van der Waals surface area contributed by atoms with E-state index in [-0.39, 0.29) is 11.8 Å². The van der Waals surface area contributed by atoms with Crippen LogP contribution in [-0.4, -0.2) is 60.9 Å². The molecule has 2 aromatic heterocycles. The normalized spacial score (nSPS) is 15.2. The van der Waals surface area contributed by atoms with Gasteiger partial charge in [0.1, 0.15) is 5.65 Å². The summed E-state index contributed by atoms with van der Waals surface area (Å²) in [7, 11) is -1.54. The van der Waals surface area contributed by atoms with Gasteiger partial charge >= 0.3 is 6.03 Å². The number of sulfonamides is 1. The van der Waals surface area contributed by atoms with E-state index >= 15 is 0 Å². The first-order valence-corrected chi connectivity index (χ1v) is 14.6. The molecule has 3 heterocycles. The number of anilines is 1. The molecule has 0 spiro atoms. The number of carbonyl (C=O) groups excluding carboxylic acids is 1. The summed E-state index contributed by atoms with van der Waals surface area (Å²) in [4.78, 5) is 17.1. The van der Waals surface area contributed by atoms with Gasteiger partial charge in [0.2, 0.25) is 10.0 Å². The van der Waals surface area contributed by atoms with Crippen LogP contribution in [0.5, 0.6) is 11.5 Å². The lowest BCUT2D eigenvalue weighted by molar-refractivity contribution is 0.251. The standard InChI is InChI=1S/C27H37N5O5S/c1-20(2)6-4-16-37-25-18-22(7-8-24(25)36-3)30-27(33)29-19-21-9-11-28-26-23(21)10-13-31(26)14-15-32-12-5-17-38(32,34)35/h7-11,13,18,20H,4-6,12,14-17,19H2,1-3H3,(H2,29,30,33). The number of pyridine rings is 1. The number of aromatic nitrogens is 2. The molecular formula is C27H37N5O5S. The van der Waals surface area contributed by atoms with Crippen LogP contribution < -0.4 is 20.1 Å². The summed E-state index contributed by atoms with van der Waals surface area (Å²) in [5, 5.41) is 6.67. The fraction of sp³-hybridized carbons (Fsp3) is 0.481. The molecule has 0 radical (unpaired) electrons. The minimum absolute atomic E-state index is 0.221. The topological polar surface area (TPSA) is 115 Å². The number of methoxy groups -OCH3 is 1. The summed E-state index contributed by atoms with van der Waals surface area (Å²) in [5.41, 5.74) is 2.28. The van der Waals surface area contributed by atoms with Crippen LogP contribution in [0.2, 0.25) is 0 Å². The first-order valence-electron chi connectivity index (χ1n) is 13.0. The molecule has 1 aliphatic rings. The number of urea groups is 1. The Labute approximate surface area is 224 Å². The highest BCUT2D eigenvalue weighted by Gasteiger charge is 2.27. The van der Waals surface area contributed by atoms with Gasteiger partial charge in [-0.1, -0.05) is 13.8 Å². The Morgan fingerprint density at radius 3 is 2.74 bits per heavy atom. The van der Waals surface area contributed by atoms with E-state index in [0.29, 0.717) is 62.3 Å². The second-order valence-electron chi connectivity index (χ2n) is 9.84. The molecule has 10 nitrogen and oxygen atoms in total. The minimum atomic E-state index is -3.13. The lowest BCUT2D eigenvalue weighted by atomic mass is 10.1. The molecule has 11 heteroatoms. The first-order chi connectivity index (χ1) is 18.3. The summed E-state index contributed by atoms with van der Waals surface area (Å²) in [5.74, 6) is 2.05. The van der Waals surface area contributed by atoms with E-state index in [1.165, 1.54) is 4.31 Å². The Bertz CT molecular complexity index is 1360. The molecule has 0 unspecified atom stereocenters. The smallest absolute Gasteiger partial charge is 0.319 e. The monoisotopic (exact) mass is 543 g/mol. The number of nitrogens with one attached hydrogen (secondary N) is 2. The van der Waals surface area contributed by atoms with Crippen LogP contribution in [0.1, 0.15) is 38.7 Å². The van der Waals surface area contributed by atoms with Crippen LogP contribution in [0.3, 0.4) is 0 Å². The zero-order chi connectivity index (χ0) is 27.1. The van der Waals surface area contributed by atoms with Gasteiger partial charge in [0.05, 0.1) is 19.5 Å². The average molecular weight is 544 g/mol. The van der Waals surface area contributed by atoms with Crippen molar-refractivity contribution in [2.75, 3.05) is 37.9 Å². The van der Waals surface area contributed by atoms with E-state index < -0.39 is 10.0 Å². The Hall–Kier alpha value is -3.31. The van der Waals surface area contributed by atoms with Crippen molar-refractivity contribution < 1.29 is 22.7 Å². The molecule has 4 rings (SSSR count). The molecule has 206 valence electrons. The van der Waals surface area contributed by atoms with Gasteiger partial charge in [0.15, 0.2) is 11.5 Å². The summed E-state index contributed by atoms with van der Waals surface area (Å²) in [6.07, 6.45) is 6.30. The SMILES string of the molecule is COc1ccc(NC(=O)NCc2ccnc3c2ccn3CCN2CCCS2(=O)=O)cc1OCCCC(C)C. The largest absolute Gasteiger partial charge is 0.493 e. The quantitative estimate of drug-likeness (QED) is 0.331. The van der Waals surface area contributed by atoms with E-state index in [0.717, 1.165) is 29.4 Å². The third-order valence-corrected chi connectivity index (χ3v) is 8.55. The number of fused-ring (bicyclic) bond motifs is 1. The molecule has 0 bridgehead atoms. The molecule has 3 aromatic rings. The maximum Gasteiger partial charge on any atom is 0.319 e. The van der Waals surface area contributed by atoms with Crippen molar-refractivity contribution in [3.63, 3.8) is 0 Å². The maximum atomic E-state index is 12.7. The van der Waals surface area contributed by atoms with Crippen molar-refractivity contribution in [3.05, 3.63) is 48.3 Å². The lowest BCUT2D eigenvalue weighted by Crippen LogP contribution is -2.29. The van der Waals surface area contributed by atoms with E-state index in [9.17, 15) is 13.2 Å². The predicted molar refractivity (Wildman–Crippen MR) is 148 cm³/mol. The van der Waals surface area contributed by atoms with Crippen LogP contribution >= 0.6 is 0 Å². The van der Waals surface area contributed by atoms with E-state index in [4.69, 9.17) is 9.47 Å². The molecule has 0 saturated carbocycles. The van der Waals surface area contributed by atoms with Gasteiger partial charge in [0, 0.05) is 55.7 Å². The fourth-order valence-corrected chi connectivity index (χ4v) is 6.05. The van der Waals surface area contributed by atoms with Gasteiger partial charge < -0.3 is 24.7 Å². The van der Waals surface area contributed by atoms with Crippen molar-refractivity contribution in [2.45, 2.75) is 46.2 Å². The Morgan fingerprint density at radius 2 is 2.00 bits per heavy atom. The number of hydrogen-bond acceptors (Lipinski definition) is 6. The van der Waals surface area contributed by atoms with Crippen LogP contribution in [0.25, 0.3) is 11.0 Å². The van der Waals surface area contributed by atoms with Gasteiger partial charge in [-0.3, -0.25) is 0 Å². The molecule has 38 heavy (non-hydrogen) atoms. The van der Waals surface area contributed by atoms with Crippen LogP contribution in [0, 0.1) is 5.92 Å². The van der Waals surface area contributed by atoms with Gasteiger partial charge in [-0.15, -0.1) is 0 Å². The fourth-order valence-electron chi connectivity index (χ4n) is 4.53. The van der Waals surface area contributed by atoms with Crippen LogP contribution in [-0.2, 0) is 23.1 Å². The van der Waals surface area contributed by atoms with Gasteiger partial charge in [-0.05, 0) is 55.0 Å². The number of rotatable bonds is 12. The van der Waals surface area contributed by atoms with Crippen molar-refractivity contribution in [3.8, 4) is 11.5 Å². The molecule has 1 fully saturated rings. The number of nitrogens with zero attached hydrogens (tertiary/aromatic N) is 3. The average Bonchev–Trinajstić information content (AvgIpc) is 3.46. The third-order valence-electron chi connectivity index (χ3n) is 6.59. The Kier molecular flexibility index (Phi) is 9.11. The second-order valence-corrected chi connectivity index (χ2v) is 11.9. The molecule has 0 aliphatic carbocycles. The molecule has 2 amide bonds. The van der Waals surface area contributed by atoms with Crippen molar-refractivity contribution >= 4 is 32.8 Å². The van der Waals surface area contributed by atoms with Gasteiger partial charge in [-0.25, -0.2) is 22.5 Å². The van der Waals surface area contributed by atoms with E-state index in [1.807, 2.05) is 22.9 Å². The summed E-state index contributed by atoms with van der Waals surface area (Å²) in [6.45, 7) is 6.76. The second kappa shape index (κ2) is 12.5. The molecule has 2 N–H and O–H groups in total. The van der Waals surface area contributed by atoms with Crippen molar-refractivity contribution in [1.82, 2.24) is 19.2 Å². The summed E-state index contributed by atoms with van der Waals surface area (Å²) in [6, 6.07) is 8.78. The van der Waals surface area contributed by atoms with Crippen LogP contribution in [0.15, 0.2) is 42.7 Å². The number of hydrogen-bond donors (Lipinski definition) is 2. The zero-order valence-electron chi connectivity index (χ0n) is 22.3. The molecule has 1 saturated heterocycles. The number of ether oxygens (including phenoxy) is 2. The van der Waals surface area contributed by atoms with Gasteiger partial charge in [-0.2, -0.15) is 0 Å². The summed E-state index contributed by atoms with van der Waals surface area (Å²) < 4.78 is 39.0. The van der Waals surface area contributed by atoms with Crippen LogP contribution in [0.4, 0.5) is 10.5 Å². The van der Waals surface area contributed by atoms with E-state index in [1.54, 1.807) is 31.5 Å². The van der Waals surface area contributed by atoms with E-state index in [2.05, 4.69) is 29.5 Å². The molecular weight excluding hydrogens is 506 g/mol. The molecule has 0 atom stereocenters. The van der Waals surface area contributed by atoms with Gasteiger partial charge in [0.25, 0.3) is 0 Å². The highest BCUT2D eigenvalue weighted by Crippen LogP contribution is 2.30. The zero-order valence-corrected chi connectivity index (χ0v) is 23.1.